The minimum Gasteiger partial charge on any atom is -0.497 e. The lowest BCUT2D eigenvalue weighted by Crippen LogP contribution is -2.44. The molecule has 0 bridgehead atoms. The number of sulfonamides is 1. The lowest BCUT2D eigenvalue weighted by molar-refractivity contribution is 0.290. The number of hydrogen-bond donors (Lipinski definition) is 1. The summed E-state index contributed by atoms with van der Waals surface area (Å²) in [4.78, 5) is 0. The lowest BCUT2D eigenvalue weighted by atomic mass is 10.1. The second kappa shape index (κ2) is 6.56. The van der Waals surface area contributed by atoms with Crippen LogP contribution >= 0.6 is 0 Å². The second-order valence-corrected chi connectivity index (χ2v) is 7.15. The number of piperidine rings is 1. The maximum Gasteiger partial charge on any atom is 0.211 e. The van der Waals surface area contributed by atoms with Crippen molar-refractivity contribution in [2.45, 2.75) is 25.4 Å². The van der Waals surface area contributed by atoms with Gasteiger partial charge in [0.25, 0.3) is 0 Å². The molecule has 20 heavy (non-hydrogen) atoms. The van der Waals surface area contributed by atoms with E-state index in [1.807, 2.05) is 24.3 Å². The molecule has 1 saturated heterocycles. The first-order valence-electron chi connectivity index (χ1n) is 6.80. The fraction of sp³-hybridized carbons (Fsp3) is 0.571. The van der Waals surface area contributed by atoms with Gasteiger partial charge >= 0.3 is 0 Å². The van der Waals surface area contributed by atoms with Gasteiger partial charge in [-0.05, 0) is 30.5 Å². The third-order valence-electron chi connectivity index (χ3n) is 3.68. The third-order valence-corrected chi connectivity index (χ3v) is 4.98. The van der Waals surface area contributed by atoms with E-state index in [4.69, 9.17) is 4.74 Å². The predicted octanol–water partition coefficient (Wildman–Crippen LogP) is 1.21. The van der Waals surface area contributed by atoms with E-state index in [1.54, 1.807) is 11.4 Å². The molecule has 1 aliphatic heterocycles. The summed E-state index contributed by atoms with van der Waals surface area (Å²) >= 11 is 0. The number of rotatable bonds is 5. The summed E-state index contributed by atoms with van der Waals surface area (Å²) in [6.45, 7) is 2.02. The molecule has 0 aliphatic carbocycles. The highest BCUT2D eigenvalue weighted by atomic mass is 32.2. The van der Waals surface area contributed by atoms with Gasteiger partial charge in [0.15, 0.2) is 0 Å². The van der Waals surface area contributed by atoms with Crippen molar-refractivity contribution in [3.63, 3.8) is 0 Å². The largest absolute Gasteiger partial charge is 0.497 e. The molecule has 0 atom stereocenters. The van der Waals surface area contributed by atoms with Crippen LogP contribution in [0.15, 0.2) is 24.3 Å². The van der Waals surface area contributed by atoms with Crippen LogP contribution in [0.2, 0.25) is 0 Å². The van der Waals surface area contributed by atoms with E-state index in [1.165, 1.54) is 11.8 Å². The lowest BCUT2D eigenvalue weighted by Gasteiger charge is -2.30. The molecular formula is C14H22N2O3S. The molecule has 0 unspecified atom stereocenters. The summed E-state index contributed by atoms with van der Waals surface area (Å²) in [5.41, 5.74) is 1.20. The zero-order valence-corrected chi connectivity index (χ0v) is 12.8. The smallest absolute Gasteiger partial charge is 0.211 e. The minimum atomic E-state index is -3.03. The van der Waals surface area contributed by atoms with Gasteiger partial charge in [0.05, 0.1) is 13.4 Å². The summed E-state index contributed by atoms with van der Waals surface area (Å²) in [5.74, 6) is 0.857. The van der Waals surface area contributed by atoms with Crippen LogP contribution in [-0.2, 0) is 16.6 Å². The summed E-state index contributed by atoms with van der Waals surface area (Å²) in [7, 11) is -1.38. The maximum atomic E-state index is 11.4. The Balaban J connectivity index is 1.78. The molecule has 0 amide bonds. The Morgan fingerprint density at radius 3 is 2.35 bits per heavy atom. The Bertz CT molecular complexity index is 520. The van der Waals surface area contributed by atoms with E-state index in [0.717, 1.165) is 25.1 Å². The first kappa shape index (κ1) is 15.3. The van der Waals surface area contributed by atoms with E-state index < -0.39 is 10.0 Å². The summed E-state index contributed by atoms with van der Waals surface area (Å²) in [6.07, 6.45) is 3.00. The monoisotopic (exact) mass is 298 g/mol. The Hall–Kier alpha value is -1.11. The molecular weight excluding hydrogens is 276 g/mol. The number of methoxy groups -OCH3 is 1. The van der Waals surface area contributed by atoms with Crippen molar-refractivity contribution in [1.82, 2.24) is 9.62 Å². The molecule has 112 valence electrons. The predicted molar refractivity (Wildman–Crippen MR) is 79.3 cm³/mol. The van der Waals surface area contributed by atoms with Crippen LogP contribution < -0.4 is 10.1 Å². The number of nitrogens with zero attached hydrogens (tertiary/aromatic N) is 1. The first-order valence-corrected chi connectivity index (χ1v) is 8.65. The van der Waals surface area contributed by atoms with Gasteiger partial charge in [-0.1, -0.05) is 12.1 Å². The fourth-order valence-corrected chi connectivity index (χ4v) is 3.27. The van der Waals surface area contributed by atoms with E-state index in [-0.39, 0.29) is 0 Å². The van der Waals surface area contributed by atoms with E-state index >= 15 is 0 Å². The van der Waals surface area contributed by atoms with E-state index in [0.29, 0.717) is 19.1 Å². The van der Waals surface area contributed by atoms with Gasteiger partial charge < -0.3 is 10.1 Å². The standard InChI is InChI=1S/C14H22N2O3S/c1-19-14-5-3-12(4-6-14)11-15-13-7-9-16(10-8-13)20(2,17)18/h3-6,13,15H,7-11H2,1-2H3. The summed E-state index contributed by atoms with van der Waals surface area (Å²) < 4.78 is 29.5. The average molecular weight is 298 g/mol. The second-order valence-electron chi connectivity index (χ2n) is 5.17. The van der Waals surface area contributed by atoms with Gasteiger partial charge in [-0.25, -0.2) is 12.7 Å². The third kappa shape index (κ3) is 4.19. The molecule has 2 rings (SSSR count). The molecule has 1 N–H and O–H groups in total. The highest BCUT2D eigenvalue weighted by Gasteiger charge is 2.24. The SMILES string of the molecule is COc1ccc(CNC2CCN(S(C)(=O)=O)CC2)cc1. The van der Waals surface area contributed by atoms with Crippen LogP contribution in [0.25, 0.3) is 0 Å². The van der Waals surface area contributed by atoms with E-state index in [9.17, 15) is 8.42 Å². The van der Waals surface area contributed by atoms with Crippen molar-refractivity contribution in [2.24, 2.45) is 0 Å². The molecule has 0 aromatic heterocycles. The van der Waals surface area contributed by atoms with Gasteiger partial charge in [-0.3, -0.25) is 0 Å². The molecule has 1 aromatic rings. The number of nitrogens with one attached hydrogen (secondary N) is 1. The quantitative estimate of drug-likeness (QED) is 0.887. The summed E-state index contributed by atoms with van der Waals surface area (Å²) in [6, 6.07) is 8.36. The van der Waals surface area contributed by atoms with Crippen LogP contribution in [0.1, 0.15) is 18.4 Å². The molecule has 1 aromatic carbocycles. The Kier molecular flexibility index (Phi) is 5.01. The van der Waals surface area contributed by atoms with Crippen molar-refractivity contribution < 1.29 is 13.2 Å². The zero-order chi connectivity index (χ0) is 14.6. The van der Waals surface area contributed by atoms with Gasteiger partial charge in [0.1, 0.15) is 5.75 Å². The van der Waals surface area contributed by atoms with Crippen molar-refractivity contribution in [3.05, 3.63) is 29.8 Å². The summed E-state index contributed by atoms with van der Waals surface area (Å²) in [5, 5.41) is 3.49. The number of ether oxygens (including phenoxy) is 1. The number of benzene rings is 1. The van der Waals surface area contributed by atoms with Crippen LogP contribution in [0.4, 0.5) is 0 Å². The van der Waals surface area contributed by atoms with Gasteiger partial charge in [0, 0.05) is 25.7 Å². The van der Waals surface area contributed by atoms with Gasteiger partial charge in [-0.15, -0.1) is 0 Å². The van der Waals surface area contributed by atoms with E-state index in [2.05, 4.69) is 5.32 Å². The van der Waals surface area contributed by atoms with Gasteiger partial charge in [-0.2, -0.15) is 0 Å². The Labute approximate surface area is 121 Å². The highest BCUT2D eigenvalue weighted by Crippen LogP contribution is 2.15. The first-order chi connectivity index (χ1) is 9.49. The van der Waals surface area contributed by atoms with Crippen molar-refractivity contribution in [2.75, 3.05) is 26.5 Å². The minimum absolute atomic E-state index is 0.384. The molecule has 1 fully saturated rings. The molecule has 1 aliphatic rings. The van der Waals surface area contributed by atoms with Gasteiger partial charge in [0.2, 0.25) is 10.0 Å². The topological polar surface area (TPSA) is 58.6 Å². The molecule has 0 radical (unpaired) electrons. The van der Waals surface area contributed by atoms with Crippen LogP contribution in [0, 0.1) is 0 Å². The zero-order valence-electron chi connectivity index (χ0n) is 12.0. The molecule has 6 heteroatoms. The van der Waals surface area contributed by atoms with Crippen LogP contribution in [-0.4, -0.2) is 45.2 Å². The average Bonchev–Trinajstić information content (AvgIpc) is 2.45. The molecule has 1 heterocycles. The molecule has 0 spiro atoms. The maximum absolute atomic E-state index is 11.4. The Morgan fingerprint density at radius 2 is 1.85 bits per heavy atom. The normalized spacial score (nSPS) is 18.1. The van der Waals surface area contributed by atoms with Crippen LogP contribution in [0.3, 0.4) is 0 Å². The number of hydrogen-bond acceptors (Lipinski definition) is 4. The highest BCUT2D eigenvalue weighted by molar-refractivity contribution is 7.88. The fourth-order valence-electron chi connectivity index (χ4n) is 2.40. The van der Waals surface area contributed by atoms with Crippen LogP contribution in [0.5, 0.6) is 5.75 Å². The Morgan fingerprint density at radius 1 is 1.25 bits per heavy atom. The van der Waals surface area contributed by atoms with Crippen molar-refractivity contribution in [1.29, 1.82) is 0 Å². The molecule has 0 saturated carbocycles. The van der Waals surface area contributed by atoms with Crippen molar-refractivity contribution >= 4 is 10.0 Å². The van der Waals surface area contributed by atoms with Crippen molar-refractivity contribution in [3.8, 4) is 5.75 Å². The molecule has 5 nitrogen and oxygen atoms in total.